The Balaban J connectivity index is 1.83. The molecule has 3 rings (SSSR count). The first-order valence-corrected chi connectivity index (χ1v) is 8.27. The highest BCUT2D eigenvalue weighted by molar-refractivity contribution is 8.01. The number of fused-ring (bicyclic) bond motifs is 1. The van der Waals surface area contributed by atoms with E-state index >= 15 is 0 Å². The molecule has 0 saturated carbocycles. The molecule has 2 aliphatic rings. The van der Waals surface area contributed by atoms with Crippen molar-refractivity contribution in [2.45, 2.75) is 37.5 Å². The van der Waals surface area contributed by atoms with E-state index in [1.54, 1.807) is 23.9 Å². The number of hydrogen-bond donors (Lipinski definition) is 1. The molecule has 1 N–H and O–H groups in total. The number of carboxylic acids is 1. The number of hydrogen-bond acceptors (Lipinski definition) is 3. The van der Waals surface area contributed by atoms with Gasteiger partial charge >= 0.3 is 5.97 Å². The van der Waals surface area contributed by atoms with E-state index in [0.717, 1.165) is 29.7 Å². The van der Waals surface area contributed by atoms with Crippen LogP contribution in [-0.4, -0.2) is 38.9 Å². The van der Waals surface area contributed by atoms with Crippen molar-refractivity contribution < 1.29 is 14.7 Å². The summed E-state index contributed by atoms with van der Waals surface area (Å²) in [6.45, 7) is 3.19. The van der Waals surface area contributed by atoms with Crippen molar-refractivity contribution in [1.29, 1.82) is 0 Å². The predicted molar refractivity (Wildman–Crippen MR) is 82.6 cm³/mol. The van der Waals surface area contributed by atoms with E-state index in [-0.39, 0.29) is 10.7 Å². The van der Waals surface area contributed by atoms with Crippen LogP contribution in [0.3, 0.4) is 0 Å². The third-order valence-corrected chi connectivity index (χ3v) is 5.96. The maximum absolute atomic E-state index is 12.7. The average molecular weight is 305 g/mol. The van der Waals surface area contributed by atoms with Gasteiger partial charge < -0.3 is 10.0 Å². The third-order valence-electron chi connectivity index (χ3n) is 4.45. The molecule has 0 bridgehead atoms. The zero-order valence-corrected chi connectivity index (χ0v) is 12.9. The summed E-state index contributed by atoms with van der Waals surface area (Å²) >= 11 is 1.75. The number of carboxylic acid groups (broad SMARTS) is 1. The number of benzene rings is 1. The molecule has 2 heterocycles. The fraction of sp³-hybridized carbons (Fsp3) is 0.500. The lowest BCUT2D eigenvalue weighted by molar-refractivity contribution is -0.134. The number of nitrogens with zero attached hydrogens (tertiary/aromatic N) is 1. The molecule has 0 aliphatic carbocycles. The van der Waals surface area contributed by atoms with Crippen molar-refractivity contribution in [1.82, 2.24) is 4.90 Å². The van der Waals surface area contributed by atoms with Crippen molar-refractivity contribution in [2.24, 2.45) is 0 Å². The molecular weight excluding hydrogens is 286 g/mol. The maximum Gasteiger partial charge on any atom is 0.335 e. The number of rotatable bonds is 2. The Morgan fingerprint density at radius 1 is 1.38 bits per heavy atom. The minimum Gasteiger partial charge on any atom is -0.478 e. The van der Waals surface area contributed by atoms with Crippen LogP contribution in [0, 0.1) is 0 Å². The van der Waals surface area contributed by atoms with Gasteiger partial charge in [0, 0.05) is 13.1 Å². The molecule has 0 spiro atoms. The molecule has 1 aromatic rings. The Labute approximate surface area is 128 Å². The van der Waals surface area contributed by atoms with E-state index in [0.29, 0.717) is 25.1 Å². The Bertz CT molecular complexity index is 593. The molecule has 4 nitrogen and oxygen atoms in total. The highest BCUT2D eigenvalue weighted by Gasteiger charge is 2.40. The first-order valence-electron chi connectivity index (χ1n) is 7.29. The lowest BCUT2D eigenvalue weighted by Crippen LogP contribution is -2.46. The molecule has 1 fully saturated rings. The first-order chi connectivity index (χ1) is 10.0. The minimum absolute atomic E-state index is 0.205. The van der Waals surface area contributed by atoms with Crippen LogP contribution in [0.4, 0.5) is 0 Å². The van der Waals surface area contributed by atoms with Gasteiger partial charge in [0.05, 0.1) is 10.3 Å². The van der Waals surface area contributed by atoms with Gasteiger partial charge in [-0.3, -0.25) is 4.79 Å². The molecule has 5 heteroatoms. The van der Waals surface area contributed by atoms with Crippen molar-refractivity contribution in [3.05, 3.63) is 34.9 Å². The van der Waals surface area contributed by atoms with Crippen LogP contribution in [-0.2, 0) is 17.8 Å². The SMILES string of the molecule is CC1(C(=O)N2CCc3c(cccc3C(=O)O)C2)CCCS1. The third kappa shape index (κ3) is 2.55. The molecule has 1 unspecified atom stereocenters. The number of amides is 1. The second-order valence-electron chi connectivity index (χ2n) is 5.91. The van der Waals surface area contributed by atoms with E-state index in [2.05, 4.69) is 0 Å². The maximum atomic E-state index is 12.7. The Morgan fingerprint density at radius 2 is 2.19 bits per heavy atom. The predicted octanol–water partition coefficient (Wildman–Crippen LogP) is 2.56. The van der Waals surface area contributed by atoms with E-state index in [1.165, 1.54) is 0 Å². The van der Waals surface area contributed by atoms with Crippen LogP contribution in [0.1, 0.15) is 41.3 Å². The van der Waals surface area contributed by atoms with Gasteiger partial charge in [-0.05, 0) is 49.1 Å². The second kappa shape index (κ2) is 5.37. The summed E-state index contributed by atoms with van der Waals surface area (Å²) in [6.07, 6.45) is 2.67. The van der Waals surface area contributed by atoms with Crippen LogP contribution in [0.5, 0.6) is 0 Å². The smallest absolute Gasteiger partial charge is 0.335 e. The quantitative estimate of drug-likeness (QED) is 0.912. The van der Waals surface area contributed by atoms with Gasteiger partial charge in [-0.25, -0.2) is 4.79 Å². The molecule has 1 atom stereocenters. The summed E-state index contributed by atoms with van der Waals surface area (Å²) in [7, 11) is 0. The molecular formula is C16H19NO3S. The Morgan fingerprint density at radius 3 is 2.86 bits per heavy atom. The summed E-state index contributed by atoms with van der Waals surface area (Å²) in [5.41, 5.74) is 2.24. The summed E-state index contributed by atoms with van der Waals surface area (Å²) in [5, 5.41) is 9.25. The summed E-state index contributed by atoms with van der Waals surface area (Å²) in [5.74, 6) is 0.372. The fourth-order valence-corrected chi connectivity index (χ4v) is 4.55. The normalized spacial score (nSPS) is 24.7. The van der Waals surface area contributed by atoms with Gasteiger partial charge in [0.2, 0.25) is 5.91 Å². The van der Waals surface area contributed by atoms with Gasteiger partial charge in [0.1, 0.15) is 0 Å². The first kappa shape index (κ1) is 14.4. The van der Waals surface area contributed by atoms with Crippen LogP contribution < -0.4 is 0 Å². The number of thioether (sulfide) groups is 1. The topological polar surface area (TPSA) is 57.6 Å². The van der Waals surface area contributed by atoms with Crippen molar-refractivity contribution in [2.75, 3.05) is 12.3 Å². The number of carbonyl (C=O) groups is 2. The van der Waals surface area contributed by atoms with E-state index in [9.17, 15) is 14.7 Å². The van der Waals surface area contributed by atoms with Crippen molar-refractivity contribution in [3.63, 3.8) is 0 Å². The van der Waals surface area contributed by atoms with Crippen LogP contribution in [0.15, 0.2) is 18.2 Å². The van der Waals surface area contributed by atoms with Crippen molar-refractivity contribution >= 4 is 23.6 Å². The summed E-state index contributed by atoms with van der Waals surface area (Å²) in [6, 6.07) is 5.35. The molecule has 21 heavy (non-hydrogen) atoms. The number of aromatic carboxylic acids is 1. The van der Waals surface area contributed by atoms with E-state index < -0.39 is 5.97 Å². The molecule has 2 aliphatic heterocycles. The molecule has 0 aromatic heterocycles. The standard InChI is InChI=1S/C16H19NO3S/c1-16(7-3-9-21-16)15(20)17-8-6-12-11(10-17)4-2-5-13(12)14(18)19/h2,4-5H,3,6-10H2,1H3,(H,18,19). The van der Waals surface area contributed by atoms with Gasteiger partial charge in [-0.15, -0.1) is 11.8 Å². The molecule has 1 aromatic carbocycles. The zero-order chi connectivity index (χ0) is 15.0. The largest absolute Gasteiger partial charge is 0.478 e. The molecule has 1 amide bonds. The van der Waals surface area contributed by atoms with E-state index in [4.69, 9.17) is 0 Å². The Hall–Kier alpha value is -1.49. The van der Waals surface area contributed by atoms with E-state index in [1.807, 2.05) is 17.9 Å². The van der Waals surface area contributed by atoms with Crippen LogP contribution in [0.25, 0.3) is 0 Å². The zero-order valence-electron chi connectivity index (χ0n) is 12.1. The number of carbonyl (C=O) groups excluding carboxylic acids is 1. The van der Waals surface area contributed by atoms with Gasteiger partial charge in [-0.1, -0.05) is 12.1 Å². The highest BCUT2D eigenvalue weighted by Crippen LogP contribution is 2.40. The summed E-state index contributed by atoms with van der Waals surface area (Å²) in [4.78, 5) is 25.9. The monoisotopic (exact) mass is 305 g/mol. The molecule has 1 saturated heterocycles. The highest BCUT2D eigenvalue weighted by atomic mass is 32.2. The Kier molecular flexibility index (Phi) is 3.69. The fourth-order valence-electron chi connectivity index (χ4n) is 3.27. The van der Waals surface area contributed by atoms with Crippen LogP contribution in [0.2, 0.25) is 0 Å². The molecule has 0 radical (unpaired) electrons. The van der Waals surface area contributed by atoms with Gasteiger partial charge in [0.15, 0.2) is 0 Å². The average Bonchev–Trinajstić information content (AvgIpc) is 2.93. The van der Waals surface area contributed by atoms with Gasteiger partial charge in [-0.2, -0.15) is 0 Å². The second-order valence-corrected chi connectivity index (χ2v) is 7.51. The molecule has 112 valence electrons. The van der Waals surface area contributed by atoms with Crippen LogP contribution >= 0.6 is 11.8 Å². The lowest BCUT2D eigenvalue weighted by atomic mass is 9.93. The summed E-state index contributed by atoms with van der Waals surface area (Å²) < 4.78 is -0.290. The van der Waals surface area contributed by atoms with Gasteiger partial charge in [0.25, 0.3) is 0 Å². The van der Waals surface area contributed by atoms with Crippen molar-refractivity contribution in [3.8, 4) is 0 Å². The lowest BCUT2D eigenvalue weighted by Gasteiger charge is -2.35. The minimum atomic E-state index is -0.884.